The summed E-state index contributed by atoms with van der Waals surface area (Å²) in [5, 5.41) is 4.25. The van der Waals surface area contributed by atoms with Crippen LogP contribution in [0.3, 0.4) is 0 Å². The molecule has 3 aromatic heterocycles. The van der Waals surface area contributed by atoms with Crippen molar-refractivity contribution in [3.05, 3.63) is 80.8 Å². The molecule has 4 aromatic rings. The van der Waals surface area contributed by atoms with Crippen LogP contribution in [0.25, 0.3) is 10.2 Å². The van der Waals surface area contributed by atoms with Gasteiger partial charge in [-0.05, 0) is 48.9 Å². The zero-order chi connectivity index (χ0) is 21.9. The molecule has 0 aliphatic heterocycles. The number of hydrogen-bond acceptors (Lipinski definition) is 6. The topological polar surface area (TPSA) is 77.1 Å². The molecule has 1 aromatic carbocycles. The van der Waals surface area contributed by atoms with Gasteiger partial charge in [0.05, 0.1) is 23.9 Å². The maximum atomic E-state index is 13.4. The first-order chi connectivity index (χ1) is 15.7. The number of fused-ring (bicyclic) bond motifs is 3. The highest BCUT2D eigenvalue weighted by atomic mass is 32.2. The smallest absolute Gasteiger partial charge is 0.263 e. The van der Waals surface area contributed by atoms with E-state index in [1.807, 2.05) is 42.5 Å². The molecule has 3 heterocycles. The van der Waals surface area contributed by atoms with Crippen molar-refractivity contribution in [1.82, 2.24) is 14.9 Å². The summed E-state index contributed by atoms with van der Waals surface area (Å²) in [4.78, 5) is 32.7. The summed E-state index contributed by atoms with van der Waals surface area (Å²) in [7, 11) is 0. The second-order valence-corrected chi connectivity index (χ2v) is 9.80. The molecule has 1 amide bonds. The molecule has 164 valence electrons. The van der Waals surface area contributed by atoms with Gasteiger partial charge in [-0.25, -0.2) is 4.98 Å². The van der Waals surface area contributed by atoms with Crippen molar-refractivity contribution in [2.45, 2.75) is 37.4 Å². The van der Waals surface area contributed by atoms with Gasteiger partial charge < -0.3 is 9.73 Å². The van der Waals surface area contributed by atoms with Crippen LogP contribution in [0.4, 0.5) is 0 Å². The Morgan fingerprint density at radius 1 is 1.19 bits per heavy atom. The Labute approximate surface area is 193 Å². The van der Waals surface area contributed by atoms with Gasteiger partial charge in [-0.2, -0.15) is 0 Å². The van der Waals surface area contributed by atoms with Crippen molar-refractivity contribution in [2.75, 3.05) is 12.3 Å². The molecular formula is C24H23N3O3S2. The van der Waals surface area contributed by atoms with Crippen molar-refractivity contribution in [2.24, 2.45) is 0 Å². The van der Waals surface area contributed by atoms with Crippen molar-refractivity contribution < 1.29 is 9.21 Å². The van der Waals surface area contributed by atoms with E-state index in [1.165, 1.54) is 22.2 Å². The predicted molar refractivity (Wildman–Crippen MR) is 128 cm³/mol. The van der Waals surface area contributed by atoms with E-state index in [4.69, 9.17) is 9.40 Å². The standard InChI is InChI=1S/C24H23N3O3S2/c28-20(25-12-11-16-6-2-1-3-7-16)15-31-24-26-22-21(18-9-4-10-19(18)32-22)23(29)27(24)14-17-8-5-13-30-17/h1-3,5-8,13H,4,9-12,14-15H2,(H,25,28). The Morgan fingerprint density at radius 2 is 2.06 bits per heavy atom. The number of rotatable bonds is 8. The van der Waals surface area contributed by atoms with E-state index in [2.05, 4.69) is 5.32 Å². The Balaban J connectivity index is 1.34. The molecule has 1 aliphatic carbocycles. The molecular weight excluding hydrogens is 442 g/mol. The quantitative estimate of drug-likeness (QED) is 0.314. The molecule has 0 unspecified atom stereocenters. The first-order valence-corrected chi connectivity index (χ1v) is 12.5. The molecule has 0 fully saturated rings. The van der Waals surface area contributed by atoms with Crippen LogP contribution in [-0.2, 0) is 30.6 Å². The van der Waals surface area contributed by atoms with E-state index in [-0.39, 0.29) is 17.2 Å². The summed E-state index contributed by atoms with van der Waals surface area (Å²) in [5.41, 5.74) is 2.30. The highest BCUT2D eigenvalue weighted by molar-refractivity contribution is 7.99. The van der Waals surface area contributed by atoms with Gasteiger partial charge in [0.2, 0.25) is 5.91 Å². The van der Waals surface area contributed by atoms with E-state index in [0.717, 1.165) is 41.5 Å². The number of nitrogens with zero attached hydrogens (tertiary/aromatic N) is 2. The lowest BCUT2D eigenvalue weighted by Gasteiger charge is -2.11. The second kappa shape index (κ2) is 9.34. The van der Waals surface area contributed by atoms with E-state index >= 15 is 0 Å². The Hall–Kier alpha value is -2.84. The van der Waals surface area contributed by atoms with Gasteiger partial charge in [0.15, 0.2) is 5.16 Å². The average molecular weight is 466 g/mol. The molecule has 8 heteroatoms. The van der Waals surface area contributed by atoms with Crippen LogP contribution in [0.2, 0.25) is 0 Å². The lowest BCUT2D eigenvalue weighted by Crippen LogP contribution is -2.28. The largest absolute Gasteiger partial charge is 0.467 e. The average Bonchev–Trinajstić information content (AvgIpc) is 3.53. The minimum Gasteiger partial charge on any atom is -0.467 e. The minimum absolute atomic E-state index is 0.0437. The summed E-state index contributed by atoms with van der Waals surface area (Å²) >= 11 is 2.91. The van der Waals surface area contributed by atoms with Crippen molar-refractivity contribution in [3.8, 4) is 0 Å². The van der Waals surface area contributed by atoms with Crippen LogP contribution < -0.4 is 10.9 Å². The van der Waals surface area contributed by atoms with Gasteiger partial charge in [-0.3, -0.25) is 14.2 Å². The maximum Gasteiger partial charge on any atom is 0.263 e. The molecule has 0 atom stereocenters. The van der Waals surface area contributed by atoms with Crippen molar-refractivity contribution in [1.29, 1.82) is 0 Å². The van der Waals surface area contributed by atoms with Gasteiger partial charge in [0.1, 0.15) is 10.6 Å². The Bertz CT molecular complexity index is 1290. The molecule has 0 saturated heterocycles. The first-order valence-electron chi connectivity index (χ1n) is 10.7. The zero-order valence-corrected chi connectivity index (χ0v) is 19.1. The van der Waals surface area contributed by atoms with Crippen LogP contribution in [0.1, 0.15) is 28.2 Å². The number of thioether (sulfide) groups is 1. The van der Waals surface area contributed by atoms with Crippen LogP contribution in [0, 0.1) is 0 Å². The predicted octanol–water partition coefficient (Wildman–Crippen LogP) is 4.04. The lowest BCUT2D eigenvalue weighted by atomic mass is 10.1. The number of nitrogens with one attached hydrogen (secondary N) is 1. The molecule has 0 bridgehead atoms. The molecule has 1 N–H and O–H groups in total. The zero-order valence-electron chi connectivity index (χ0n) is 17.5. The SMILES string of the molecule is O=C(CSc1nc2sc3c(c2c(=O)n1Cc1ccco1)CCC3)NCCc1ccccc1. The second-order valence-electron chi connectivity index (χ2n) is 7.78. The maximum absolute atomic E-state index is 13.4. The lowest BCUT2D eigenvalue weighted by molar-refractivity contribution is -0.118. The molecule has 0 radical (unpaired) electrons. The Morgan fingerprint density at radius 3 is 2.88 bits per heavy atom. The van der Waals surface area contributed by atoms with Gasteiger partial charge in [-0.15, -0.1) is 11.3 Å². The monoisotopic (exact) mass is 465 g/mol. The van der Waals surface area contributed by atoms with Gasteiger partial charge in [0.25, 0.3) is 5.56 Å². The molecule has 0 spiro atoms. The van der Waals surface area contributed by atoms with Crippen LogP contribution >= 0.6 is 23.1 Å². The number of furan rings is 1. The van der Waals surface area contributed by atoms with Gasteiger partial charge in [-0.1, -0.05) is 42.1 Å². The van der Waals surface area contributed by atoms with E-state index in [9.17, 15) is 9.59 Å². The summed E-state index contributed by atoms with van der Waals surface area (Å²) < 4.78 is 7.13. The normalized spacial score (nSPS) is 12.9. The van der Waals surface area contributed by atoms with Crippen LogP contribution in [0.5, 0.6) is 0 Å². The fourth-order valence-corrected chi connectivity index (χ4v) is 6.17. The fraction of sp³-hybridized carbons (Fsp3) is 0.292. The minimum atomic E-state index is -0.0708. The number of aryl methyl sites for hydroxylation is 2. The number of hydrogen-bond donors (Lipinski definition) is 1. The van der Waals surface area contributed by atoms with Gasteiger partial charge >= 0.3 is 0 Å². The summed E-state index contributed by atoms with van der Waals surface area (Å²) in [6.07, 6.45) is 5.42. The summed E-state index contributed by atoms with van der Waals surface area (Å²) in [5.74, 6) is 0.823. The van der Waals surface area contributed by atoms with Gasteiger partial charge in [0, 0.05) is 11.4 Å². The third-order valence-electron chi connectivity index (χ3n) is 5.59. The Kier molecular flexibility index (Phi) is 6.14. The molecule has 5 rings (SSSR count). The molecule has 6 nitrogen and oxygen atoms in total. The molecule has 1 aliphatic rings. The fourth-order valence-electron chi connectivity index (χ4n) is 4.04. The number of amides is 1. The van der Waals surface area contributed by atoms with E-state index in [0.29, 0.717) is 24.0 Å². The highest BCUT2D eigenvalue weighted by Crippen LogP contribution is 2.35. The molecule has 0 saturated carbocycles. The van der Waals surface area contributed by atoms with Crippen molar-refractivity contribution >= 4 is 39.2 Å². The van der Waals surface area contributed by atoms with Crippen LogP contribution in [0.15, 0.2) is 63.1 Å². The summed E-state index contributed by atoms with van der Waals surface area (Å²) in [6, 6.07) is 13.7. The van der Waals surface area contributed by atoms with E-state index < -0.39 is 0 Å². The number of carbonyl (C=O) groups is 1. The third kappa shape index (κ3) is 4.38. The first kappa shape index (κ1) is 21.0. The third-order valence-corrected chi connectivity index (χ3v) is 7.76. The van der Waals surface area contributed by atoms with E-state index in [1.54, 1.807) is 22.2 Å². The summed E-state index contributed by atoms with van der Waals surface area (Å²) in [6.45, 7) is 0.879. The van der Waals surface area contributed by atoms with Crippen LogP contribution in [-0.4, -0.2) is 27.8 Å². The van der Waals surface area contributed by atoms with Crippen molar-refractivity contribution in [3.63, 3.8) is 0 Å². The number of aromatic nitrogens is 2. The highest BCUT2D eigenvalue weighted by Gasteiger charge is 2.24. The number of thiophene rings is 1. The molecule has 32 heavy (non-hydrogen) atoms. The number of carbonyl (C=O) groups excluding carboxylic acids is 1. The number of benzene rings is 1.